The molecule has 0 aliphatic carbocycles. The van der Waals surface area contributed by atoms with E-state index in [-0.39, 0.29) is 23.8 Å². The van der Waals surface area contributed by atoms with Gasteiger partial charge in [0, 0.05) is 24.5 Å². The van der Waals surface area contributed by atoms with E-state index in [9.17, 15) is 18.0 Å². The molecule has 1 atom stereocenters. The first-order chi connectivity index (χ1) is 20.1. The van der Waals surface area contributed by atoms with Crippen LogP contribution in [0.5, 0.6) is 0 Å². The molecular formula is C33H34BrN3O4S. The Morgan fingerprint density at radius 2 is 1.40 bits per heavy atom. The number of carbonyl (C=O) groups excluding carboxylic acids is 2. The van der Waals surface area contributed by atoms with Gasteiger partial charge in [-0.2, -0.15) is 0 Å². The summed E-state index contributed by atoms with van der Waals surface area (Å²) in [7, 11) is -2.59. The summed E-state index contributed by atoms with van der Waals surface area (Å²) in [5, 5.41) is 2.70. The van der Waals surface area contributed by atoms with Gasteiger partial charge in [-0.05, 0) is 61.4 Å². The maximum Gasteiger partial charge on any atom is 0.264 e. The van der Waals surface area contributed by atoms with Gasteiger partial charge in [0.15, 0.2) is 0 Å². The SMILES string of the molecule is CNC(=O)C(Cc1ccccc1)N(Cc1cccc(Br)c1)C(=O)CN(c1ccc(C)cc1)S(=O)(=O)c1ccc(C)cc1. The number of likely N-dealkylation sites (N-methyl/N-ethyl adjacent to an activating group) is 1. The summed E-state index contributed by atoms with van der Waals surface area (Å²) in [6, 6.07) is 29.6. The van der Waals surface area contributed by atoms with Crippen LogP contribution in [0, 0.1) is 13.8 Å². The Morgan fingerprint density at radius 1 is 0.810 bits per heavy atom. The van der Waals surface area contributed by atoms with Crippen molar-refractivity contribution < 1.29 is 18.0 Å². The van der Waals surface area contributed by atoms with E-state index in [2.05, 4.69) is 21.2 Å². The monoisotopic (exact) mass is 647 g/mol. The molecular weight excluding hydrogens is 614 g/mol. The van der Waals surface area contributed by atoms with Gasteiger partial charge in [-0.3, -0.25) is 13.9 Å². The van der Waals surface area contributed by atoms with Crippen LogP contribution < -0.4 is 9.62 Å². The number of halogens is 1. The van der Waals surface area contributed by atoms with Crippen molar-refractivity contribution in [2.24, 2.45) is 0 Å². The highest BCUT2D eigenvalue weighted by Gasteiger charge is 2.34. The van der Waals surface area contributed by atoms with Crippen molar-refractivity contribution in [3.8, 4) is 0 Å². The summed E-state index contributed by atoms with van der Waals surface area (Å²) in [4.78, 5) is 29.2. The molecule has 0 saturated heterocycles. The largest absolute Gasteiger partial charge is 0.357 e. The summed E-state index contributed by atoms with van der Waals surface area (Å²) in [5.74, 6) is -0.846. The Balaban J connectivity index is 1.78. The first-order valence-electron chi connectivity index (χ1n) is 13.5. The number of sulfonamides is 1. The number of hydrogen-bond acceptors (Lipinski definition) is 4. The van der Waals surface area contributed by atoms with Gasteiger partial charge in [0.1, 0.15) is 12.6 Å². The van der Waals surface area contributed by atoms with E-state index < -0.39 is 28.5 Å². The van der Waals surface area contributed by atoms with E-state index in [1.54, 1.807) is 48.5 Å². The Kier molecular flexibility index (Phi) is 10.2. The zero-order valence-electron chi connectivity index (χ0n) is 23.8. The molecule has 0 aliphatic heterocycles. The Morgan fingerprint density at radius 3 is 2.00 bits per heavy atom. The fourth-order valence-corrected chi connectivity index (χ4v) is 6.49. The van der Waals surface area contributed by atoms with Gasteiger partial charge >= 0.3 is 0 Å². The summed E-state index contributed by atoms with van der Waals surface area (Å²) in [5.41, 5.74) is 3.90. The van der Waals surface area contributed by atoms with Crippen molar-refractivity contribution in [3.63, 3.8) is 0 Å². The van der Waals surface area contributed by atoms with Gasteiger partial charge in [0.2, 0.25) is 11.8 Å². The molecule has 218 valence electrons. The Hall–Kier alpha value is -3.95. The molecule has 0 bridgehead atoms. The lowest BCUT2D eigenvalue weighted by Gasteiger charge is -2.33. The van der Waals surface area contributed by atoms with E-state index in [1.807, 2.05) is 68.4 Å². The van der Waals surface area contributed by atoms with Crippen molar-refractivity contribution in [2.75, 3.05) is 17.9 Å². The summed E-state index contributed by atoms with van der Waals surface area (Å²) in [6.07, 6.45) is 0.259. The third-order valence-electron chi connectivity index (χ3n) is 6.97. The number of nitrogens with zero attached hydrogens (tertiary/aromatic N) is 2. The minimum Gasteiger partial charge on any atom is -0.357 e. The van der Waals surface area contributed by atoms with Crippen molar-refractivity contribution in [2.45, 2.75) is 37.8 Å². The molecule has 0 fully saturated rings. The van der Waals surface area contributed by atoms with Crippen LogP contribution in [-0.4, -0.2) is 44.8 Å². The van der Waals surface area contributed by atoms with Crippen LogP contribution >= 0.6 is 15.9 Å². The van der Waals surface area contributed by atoms with Crippen molar-refractivity contribution >= 4 is 43.5 Å². The average molecular weight is 649 g/mol. The number of nitrogens with one attached hydrogen (secondary N) is 1. The molecule has 1 unspecified atom stereocenters. The van der Waals surface area contributed by atoms with Crippen LogP contribution in [0.1, 0.15) is 22.3 Å². The van der Waals surface area contributed by atoms with E-state index in [1.165, 1.54) is 11.9 Å². The molecule has 4 aromatic carbocycles. The van der Waals surface area contributed by atoms with Crippen LogP contribution in [0.2, 0.25) is 0 Å². The average Bonchev–Trinajstić information content (AvgIpc) is 2.98. The summed E-state index contributed by atoms with van der Waals surface area (Å²) < 4.78 is 30.0. The zero-order valence-corrected chi connectivity index (χ0v) is 26.2. The molecule has 0 radical (unpaired) electrons. The predicted octanol–water partition coefficient (Wildman–Crippen LogP) is 5.65. The Bertz CT molecular complexity index is 1630. The van der Waals surface area contributed by atoms with Gasteiger partial charge in [-0.15, -0.1) is 0 Å². The number of carbonyl (C=O) groups is 2. The molecule has 2 amide bonds. The lowest BCUT2D eigenvalue weighted by Crippen LogP contribution is -2.53. The minimum absolute atomic E-state index is 0.0761. The molecule has 0 heterocycles. The van der Waals surface area contributed by atoms with Crippen molar-refractivity contribution in [1.29, 1.82) is 0 Å². The fourth-order valence-electron chi connectivity index (χ4n) is 4.63. The number of rotatable bonds is 11. The van der Waals surface area contributed by atoms with E-state index >= 15 is 0 Å². The molecule has 4 aromatic rings. The van der Waals surface area contributed by atoms with Crippen molar-refractivity contribution in [1.82, 2.24) is 10.2 Å². The normalized spacial score (nSPS) is 11.9. The second-order valence-electron chi connectivity index (χ2n) is 10.1. The maximum atomic E-state index is 14.3. The van der Waals surface area contributed by atoms with Gasteiger partial charge < -0.3 is 10.2 Å². The number of anilines is 1. The van der Waals surface area contributed by atoms with Crippen molar-refractivity contribution in [3.05, 3.63) is 130 Å². The number of hydrogen-bond donors (Lipinski definition) is 1. The second-order valence-corrected chi connectivity index (χ2v) is 12.9. The maximum absolute atomic E-state index is 14.3. The molecule has 1 N–H and O–H groups in total. The smallest absolute Gasteiger partial charge is 0.264 e. The molecule has 0 aromatic heterocycles. The summed E-state index contributed by atoms with van der Waals surface area (Å²) >= 11 is 3.49. The highest BCUT2D eigenvalue weighted by Crippen LogP contribution is 2.26. The molecule has 0 saturated carbocycles. The van der Waals surface area contributed by atoms with E-state index in [4.69, 9.17) is 0 Å². The van der Waals surface area contributed by atoms with Crippen LogP contribution in [0.25, 0.3) is 0 Å². The molecule has 0 aliphatic rings. The number of amides is 2. The lowest BCUT2D eigenvalue weighted by atomic mass is 10.0. The zero-order chi connectivity index (χ0) is 30.3. The van der Waals surface area contributed by atoms with Gasteiger partial charge in [-0.25, -0.2) is 8.42 Å². The Labute approximate surface area is 256 Å². The third-order valence-corrected chi connectivity index (χ3v) is 9.25. The van der Waals surface area contributed by atoms with Gasteiger partial charge in [0.25, 0.3) is 10.0 Å². The highest BCUT2D eigenvalue weighted by atomic mass is 79.9. The third kappa shape index (κ3) is 7.66. The molecule has 0 spiro atoms. The fraction of sp³-hybridized carbons (Fsp3) is 0.212. The summed E-state index contributed by atoms with van der Waals surface area (Å²) in [6.45, 7) is 3.40. The number of aryl methyl sites for hydroxylation is 2. The molecule has 9 heteroatoms. The van der Waals surface area contributed by atoms with Crippen LogP contribution in [-0.2, 0) is 32.6 Å². The topological polar surface area (TPSA) is 86.8 Å². The van der Waals surface area contributed by atoms with Crippen LogP contribution in [0.15, 0.2) is 112 Å². The second kappa shape index (κ2) is 13.8. The highest BCUT2D eigenvalue weighted by molar-refractivity contribution is 9.10. The van der Waals surface area contributed by atoms with E-state index in [0.717, 1.165) is 31.0 Å². The predicted molar refractivity (Wildman–Crippen MR) is 170 cm³/mol. The lowest BCUT2D eigenvalue weighted by molar-refractivity contribution is -0.139. The van der Waals surface area contributed by atoms with E-state index in [0.29, 0.717) is 5.69 Å². The van der Waals surface area contributed by atoms with Crippen LogP contribution in [0.4, 0.5) is 5.69 Å². The first-order valence-corrected chi connectivity index (χ1v) is 15.8. The molecule has 42 heavy (non-hydrogen) atoms. The van der Waals surface area contributed by atoms with Crippen LogP contribution in [0.3, 0.4) is 0 Å². The minimum atomic E-state index is -4.12. The molecule has 4 rings (SSSR count). The quantitative estimate of drug-likeness (QED) is 0.228. The standard InChI is InChI=1S/C33H34BrN3O4S/c1-24-12-16-29(17-13-24)37(42(40,41)30-18-14-25(2)15-19-30)23-32(38)36(22-27-10-7-11-28(34)20-27)31(33(39)35-3)21-26-8-5-4-6-9-26/h4-20,31H,21-23H2,1-3H3,(H,35,39). The van der Waals surface area contributed by atoms with Gasteiger partial charge in [-0.1, -0.05) is 93.8 Å². The first kappa shape index (κ1) is 31.0. The van der Waals surface area contributed by atoms with Gasteiger partial charge in [0.05, 0.1) is 10.6 Å². The molecule has 7 nitrogen and oxygen atoms in total. The number of benzene rings is 4.